The first-order valence-electron chi connectivity index (χ1n) is 4.98. The van der Waals surface area contributed by atoms with E-state index in [1.54, 1.807) is 12.1 Å². The number of rotatable bonds is 2. The van der Waals surface area contributed by atoms with Gasteiger partial charge in [0.1, 0.15) is 6.10 Å². The lowest BCUT2D eigenvalue weighted by atomic mass is 10.2. The van der Waals surface area contributed by atoms with E-state index in [-0.39, 0.29) is 4.90 Å². The van der Waals surface area contributed by atoms with Crippen LogP contribution in [0.4, 0.5) is 0 Å². The van der Waals surface area contributed by atoms with Crippen LogP contribution in [-0.4, -0.2) is 37.3 Å². The minimum Gasteiger partial charge on any atom is -0.467 e. The summed E-state index contributed by atoms with van der Waals surface area (Å²) < 4.78 is 33.7. The Morgan fingerprint density at radius 3 is 1.94 bits per heavy atom. The first-order valence-corrected chi connectivity index (χ1v) is 6.42. The highest BCUT2D eigenvalue weighted by molar-refractivity contribution is 7.85. The number of aliphatic hydroxyl groups is 1. The number of benzene rings is 1. The second kappa shape index (κ2) is 7.10. The summed E-state index contributed by atoms with van der Waals surface area (Å²) in [5, 5.41) is 8.35. The molecule has 7 heteroatoms. The maximum Gasteiger partial charge on any atom is 0.334 e. The van der Waals surface area contributed by atoms with Gasteiger partial charge in [0.25, 0.3) is 10.1 Å². The van der Waals surface area contributed by atoms with Crippen LogP contribution < -0.4 is 0 Å². The van der Waals surface area contributed by atoms with E-state index in [2.05, 4.69) is 4.74 Å². The van der Waals surface area contributed by atoms with Crippen LogP contribution in [0.25, 0.3) is 0 Å². The van der Waals surface area contributed by atoms with Crippen molar-refractivity contribution in [1.82, 2.24) is 0 Å². The summed E-state index contributed by atoms with van der Waals surface area (Å²) in [5.41, 5.74) is 0.956. The zero-order valence-corrected chi connectivity index (χ0v) is 11.1. The number of esters is 1. The van der Waals surface area contributed by atoms with Crippen LogP contribution in [0.2, 0.25) is 0 Å². The molecule has 0 saturated heterocycles. The molecule has 0 fully saturated rings. The van der Waals surface area contributed by atoms with E-state index in [9.17, 15) is 13.2 Å². The highest BCUT2D eigenvalue weighted by atomic mass is 32.2. The van der Waals surface area contributed by atoms with Crippen LogP contribution >= 0.6 is 0 Å². The minimum atomic E-state index is -4.02. The highest BCUT2D eigenvalue weighted by Gasteiger charge is 2.07. The quantitative estimate of drug-likeness (QED) is 0.611. The predicted molar refractivity (Wildman–Crippen MR) is 64.7 cm³/mol. The topological polar surface area (TPSA) is 101 Å². The Balaban J connectivity index is 0.000000360. The number of aliphatic hydroxyl groups excluding tert-OH is 1. The zero-order chi connectivity index (χ0) is 14.3. The van der Waals surface area contributed by atoms with Gasteiger partial charge in [0.15, 0.2) is 0 Å². The molecule has 6 nitrogen and oxygen atoms in total. The van der Waals surface area contributed by atoms with Crippen LogP contribution in [0.15, 0.2) is 29.2 Å². The Labute approximate surface area is 106 Å². The molecule has 0 unspecified atom stereocenters. The lowest BCUT2D eigenvalue weighted by Gasteiger charge is -1.97. The number of methoxy groups -OCH3 is 1. The number of carbonyl (C=O) groups excluding carboxylic acids is 1. The van der Waals surface area contributed by atoms with Crippen LogP contribution in [0.3, 0.4) is 0 Å². The molecule has 2 N–H and O–H groups in total. The van der Waals surface area contributed by atoms with E-state index in [0.717, 1.165) is 5.56 Å². The Morgan fingerprint density at radius 2 is 1.72 bits per heavy atom. The van der Waals surface area contributed by atoms with Gasteiger partial charge in [-0.1, -0.05) is 17.7 Å². The summed E-state index contributed by atoms with van der Waals surface area (Å²) >= 11 is 0. The fourth-order valence-corrected chi connectivity index (χ4v) is 1.36. The van der Waals surface area contributed by atoms with E-state index >= 15 is 0 Å². The van der Waals surface area contributed by atoms with Gasteiger partial charge in [-0.15, -0.1) is 0 Å². The van der Waals surface area contributed by atoms with Gasteiger partial charge < -0.3 is 9.84 Å². The van der Waals surface area contributed by atoms with Gasteiger partial charge in [-0.05, 0) is 26.0 Å². The van der Waals surface area contributed by atoms with Crippen molar-refractivity contribution in [2.45, 2.75) is 24.8 Å². The minimum absolute atomic E-state index is 0.0666. The molecule has 102 valence electrons. The van der Waals surface area contributed by atoms with Crippen LogP contribution in [-0.2, 0) is 19.6 Å². The van der Waals surface area contributed by atoms with Crippen molar-refractivity contribution in [2.24, 2.45) is 0 Å². The fraction of sp³-hybridized carbons (Fsp3) is 0.364. The molecule has 0 spiro atoms. The molecular formula is C11H16O6S. The standard InChI is InChI=1S/C7H8O3S.C4H8O3/c1-6-2-4-7(5-3-6)11(8,9)10;1-3(5)4(6)7-2/h2-5H,1H3,(H,8,9,10);3,5H,1-2H3/t;3-/m.0/s1. The maximum absolute atomic E-state index is 10.5. The van der Waals surface area contributed by atoms with Crippen molar-refractivity contribution in [1.29, 1.82) is 0 Å². The summed E-state index contributed by atoms with van der Waals surface area (Å²) in [5.74, 6) is -0.597. The lowest BCUT2D eigenvalue weighted by Crippen LogP contribution is -2.16. The summed E-state index contributed by atoms with van der Waals surface area (Å²) in [6.07, 6.45) is -0.995. The molecule has 0 aliphatic carbocycles. The largest absolute Gasteiger partial charge is 0.467 e. The molecule has 0 radical (unpaired) electrons. The van der Waals surface area contributed by atoms with Crippen LogP contribution in [0, 0.1) is 6.92 Å². The summed E-state index contributed by atoms with van der Waals surface area (Å²) in [6.45, 7) is 3.19. The van der Waals surface area contributed by atoms with E-state index in [1.807, 2.05) is 6.92 Å². The van der Waals surface area contributed by atoms with Crippen molar-refractivity contribution in [3.05, 3.63) is 29.8 Å². The fourth-order valence-electron chi connectivity index (χ4n) is 0.881. The number of carbonyl (C=O) groups is 1. The molecule has 1 atom stereocenters. The average Bonchev–Trinajstić information content (AvgIpc) is 2.28. The van der Waals surface area contributed by atoms with Gasteiger partial charge in [0.05, 0.1) is 12.0 Å². The SMILES string of the molecule is COC(=O)[C@H](C)O.Cc1ccc(S(=O)(=O)O)cc1. The third-order valence-corrected chi connectivity index (χ3v) is 2.73. The number of ether oxygens (including phenoxy) is 1. The molecule has 1 aromatic rings. The Hall–Kier alpha value is -1.44. The van der Waals surface area contributed by atoms with E-state index < -0.39 is 22.2 Å². The summed E-state index contributed by atoms with van der Waals surface area (Å²) in [7, 11) is -2.79. The molecule has 0 saturated carbocycles. The molecule has 0 aliphatic rings. The third-order valence-electron chi connectivity index (χ3n) is 1.86. The van der Waals surface area contributed by atoms with Crippen molar-refractivity contribution in [3.63, 3.8) is 0 Å². The number of hydrogen-bond acceptors (Lipinski definition) is 5. The van der Waals surface area contributed by atoms with Crippen LogP contribution in [0.1, 0.15) is 12.5 Å². The van der Waals surface area contributed by atoms with E-state index in [1.165, 1.54) is 26.2 Å². The Bertz CT molecular complexity index is 475. The molecule has 0 bridgehead atoms. The Kier molecular flexibility index (Phi) is 6.53. The summed E-state index contributed by atoms with van der Waals surface area (Å²) in [4.78, 5) is 9.97. The molecular weight excluding hydrogens is 260 g/mol. The van der Waals surface area contributed by atoms with Gasteiger partial charge >= 0.3 is 5.97 Å². The zero-order valence-electron chi connectivity index (χ0n) is 10.3. The predicted octanol–water partition coefficient (Wildman–Crippen LogP) is 0.782. The molecule has 1 rings (SSSR count). The van der Waals surface area contributed by atoms with Crippen LogP contribution in [0.5, 0.6) is 0 Å². The van der Waals surface area contributed by atoms with E-state index in [0.29, 0.717) is 0 Å². The first kappa shape index (κ1) is 16.6. The lowest BCUT2D eigenvalue weighted by molar-refractivity contribution is -0.149. The molecule has 0 aromatic heterocycles. The molecule has 0 aliphatic heterocycles. The highest BCUT2D eigenvalue weighted by Crippen LogP contribution is 2.08. The average molecular weight is 276 g/mol. The molecule has 0 heterocycles. The number of aryl methyl sites for hydroxylation is 1. The Morgan fingerprint density at radius 1 is 1.28 bits per heavy atom. The smallest absolute Gasteiger partial charge is 0.334 e. The second-order valence-electron chi connectivity index (χ2n) is 3.49. The summed E-state index contributed by atoms with van der Waals surface area (Å²) in [6, 6.07) is 5.99. The van der Waals surface area contributed by atoms with Crippen molar-refractivity contribution in [2.75, 3.05) is 7.11 Å². The maximum atomic E-state index is 10.5. The van der Waals surface area contributed by atoms with Crippen molar-refractivity contribution in [3.8, 4) is 0 Å². The van der Waals surface area contributed by atoms with E-state index in [4.69, 9.17) is 9.66 Å². The monoisotopic (exact) mass is 276 g/mol. The van der Waals surface area contributed by atoms with Gasteiger partial charge in [0, 0.05) is 0 Å². The van der Waals surface area contributed by atoms with Gasteiger partial charge in [-0.25, -0.2) is 4.79 Å². The first-order chi connectivity index (χ1) is 8.18. The molecule has 18 heavy (non-hydrogen) atoms. The van der Waals surface area contributed by atoms with Crippen molar-refractivity contribution < 1.29 is 27.6 Å². The number of hydrogen-bond donors (Lipinski definition) is 2. The normalized spacial score (nSPS) is 12.1. The molecule has 1 aromatic carbocycles. The third kappa shape index (κ3) is 6.33. The van der Waals surface area contributed by atoms with Gasteiger partial charge in [-0.3, -0.25) is 4.55 Å². The molecule has 0 amide bonds. The van der Waals surface area contributed by atoms with Crippen molar-refractivity contribution >= 4 is 16.1 Å². The van der Waals surface area contributed by atoms with Gasteiger partial charge in [0.2, 0.25) is 0 Å². The second-order valence-corrected chi connectivity index (χ2v) is 4.91. The van der Waals surface area contributed by atoms with Gasteiger partial charge in [-0.2, -0.15) is 8.42 Å².